The molecule has 0 saturated heterocycles. The monoisotopic (exact) mass is 247 g/mol. The summed E-state index contributed by atoms with van der Waals surface area (Å²) in [4.78, 5) is 15.4. The molecule has 0 bridgehead atoms. The van der Waals surface area contributed by atoms with Crippen LogP contribution in [0.2, 0.25) is 0 Å². The number of carbonyl (C=O) groups excluding carboxylic acids is 1. The Morgan fingerprint density at radius 1 is 1.61 bits per heavy atom. The second-order valence-electron chi connectivity index (χ2n) is 4.33. The molecule has 1 aromatic rings. The minimum atomic E-state index is -0.116. The predicted octanol–water partition coefficient (Wildman–Crippen LogP) is 0.720. The van der Waals surface area contributed by atoms with Crippen LogP contribution in [-0.4, -0.2) is 24.0 Å². The zero-order valence-electron chi connectivity index (χ0n) is 10.5. The van der Waals surface area contributed by atoms with E-state index < -0.39 is 0 Å². The normalized spacial score (nSPS) is 9.89. The average Bonchev–Trinajstić information content (AvgIpc) is 2.34. The number of carbonyl (C=O) groups is 1. The third-order valence-corrected chi connectivity index (χ3v) is 2.17. The summed E-state index contributed by atoms with van der Waals surface area (Å²) in [6, 6.07) is 3.46. The van der Waals surface area contributed by atoms with Crippen LogP contribution in [0.4, 0.5) is 11.5 Å². The van der Waals surface area contributed by atoms with Crippen molar-refractivity contribution in [2.24, 2.45) is 5.92 Å². The van der Waals surface area contributed by atoms with E-state index in [1.165, 1.54) is 12.3 Å². The highest BCUT2D eigenvalue weighted by Gasteiger charge is 2.05. The second kappa shape index (κ2) is 6.45. The summed E-state index contributed by atoms with van der Waals surface area (Å²) >= 11 is 0. The number of aromatic nitrogens is 1. The number of nitrogens with two attached hydrogens (primary N) is 1. The summed E-state index contributed by atoms with van der Waals surface area (Å²) in [5.74, 6) is 0.704. The van der Waals surface area contributed by atoms with Crippen molar-refractivity contribution in [1.29, 1.82) is 5.26 Å². The van der Waals surface area contributed by atoms with Gasteiger partial charge in [0.2, 0.25) is 5.91 Å². The Balaban J connectivity index is 2.49. The maximum Gasteiger partial charge on any atom is 0.239 e. The van der Waals surface area contributed by atoms with Crippen LogP contribution in [0.3, 0.4) is 0 Å². The van der Waals surface area contributed by atoms with Crippen molar-refractivity contribution in [3.63, 3.8) is 0 Å². The molecule has 0 fully saturated rings. The third kappa shape index (κ3) is 4.29. The number of pyridine rings is 1. The molecule has 0 radical (unpaired) electrons. The standard InChI is InChI=1S/C12H17N5O/c1-8(2)5-15-11(18)7-17-12-10(14)3-9(4-13)6-16-12/h3,6,8H,5,7,14H2,1-2H3,(H,15,18)(H,16,17). The molecule has 0 unspecified atom stereocenters. The van der Waals surface area contributed by atoms with Gasteiger partial charge in [-0.1, -0.05) is 13.8 Å². The van der Waals surface area contributed by atoms with Gasteiger partial charge in [0.05, 0.1) is 17.8 Å². The Hall–Kier alpha value is -2.29. The van der Waals surface area contributed by atoms with Gasteiger partial charge < -0.3 is 16.4 Å². The number of nitrogens with zero attached hydrogens (tertiary/aromatic N) is 2. The molecule has 1 heterocycles. The lowest BCUT2D eigenvalue weighted by Crippen LogP contribution is -2.32. The van der Waals surface area contributed by atoms with Crippen LogP contribution in [0, 0.1) is 17.2 Å². The van der Waals surface area contributed by atoms with Crippen LogP contribution in [0.1, 0.15) is 19.4 Å². The number of hydrogen-bond donors (Lipinski definition) is 3. The van der Waals surface area contributed by atoms with Crippen molar-refractivity contribution in [2.75, 3.05) is 24.1 Å². The minimum absolute atomic E-state index is 0.107. The summed E-state index contributed by atoms with van der Waals surface area (Å²) in [5, 5.41) is 14.3. The largest absolute Gasteiger partial charge is 0.396 e. The van der Waals surface area contributed by atoms with E-state index >= 15 is 0 Å². The van der Waals surface area contributed by atoms with Gasteiger partial charge in [0, 0.05) is 12.7 Å². The Morgan fingerprint density at radius 2 is 2.33 bits per heavy atom. The molecular weight excluding hydrogens is 230 g/mol. The van der Waals surface area contributed by atoms with Crippen molar-refractivity contribution >= 4 is 17.4 Å². The van der Waals surface area contributed by atoms with Crippen molar-refractivity contribution in [2.45, 2.75) is 13.8 Å². The Bertz CT molecular complexity index is 464. The zero-order chi connectivity index (χ0) is 13.5. The molecule has 0 saturated carbocycles. The van der Waals surface area contributed by atoms with E-state index in [0.717, 1.165) is 0 Å². The van der Waals surface area contributed by atoms with Gasteiger partial charge >= 0.3 is 0 Å². The first kappa shape index (κ1) is 13.8. The molecule has 0 spiro atoms. The number of rotatable bonds is 5. The number of nitriles is 1. The molecule has 18 heavy (non-hydrogen) atoms. The van der Waals surface area contributed by atoms with Crippen LogP contribution in [0.25, 0.3) is 0 Å². The van der Waals surface area contributed by atoms with E-state index in [1.807, 2.05) is 19.9 Å². The molecular formula is C12H17N5O. The fraction of sp³-hybridized carbons (Fsp3) is 0.417. The third-order valence-electron chi connectivity index (χ3n) is 2.17. The van der Waals surface area contributed by atoms with Crippen LogP contribution in [0.5, 0.6) is 0 Å². The van der Waals surface area contributed by atoms with E-state index in [2.05, 4.69) is 15.6 Å². The van der Waals surface area contributed by atoms with Gasteiger partial charge in [-0.05, 0) is 12.0 Å². The molecule has 0 atom stereocenters. The van der Waals surface area contributed by atoms with Crippen LogP contribution in [0.15, 0.2) is 12.3 Å². The van der Waals surface area contributed by atoms with Gasteiger partial charge in [-0.15, -0.1) is 0 Å². The Kier molecular flexibility index (Phi) is 4.93. The first-order valence-electron chi connectivity index (χ1n) is 5.69. The summed E-state index contributed by atoms with van der Waals surface area (Å²) in [7, 11) is 0. The van der Waals surface area contributed by atoms with E-state index in [9.17, 15) is 4.79 Å². The lowest BCUT2D eigenvalue weighted by Gasteiger charge is -2.10. The molecule has 1 amide bonds. The molecule has 1 aromatic heterocycles. The van der Waals surface area contributed by atoms with Gasteiger partial charge in [-0.25, -0.2) is 4.98 Å². The summed E-state index contributed by atoms with van der Waals surface area (Å²) in [5.41, 5.74) is 6.44. The van der Waals surface area contributed by atoms with Crippen molar-refractivity contribution < 1.29 is 4.79 Å². The molecule has 0 aromatic carbocycles. The number of anilines is 2. The molecule has 6 nitrogen and oxygen atoms in total. The predicted molar refractivity (Wildman–Crippen MR) is 69.7 cm³/mol. The quantitative estimate of drug-likeness (QED) is 0.711. The zero-order valence-corrected chi connectivity index (χ0v) is 10.5. The Labute approximate surface area is 106 Å². The van der Waals surface area contributed by atoms with Crippen LogP contribution in [-0.2, 0) is 4.79 Å². The van der Waals surface area contributed by atoms with Crippen molar-refractivity contribution in [3.8, 4) is 6.07 Å². The second-order valence-corrected chi connectivity index (χ2v) is 4.33. The highest BCUT2D eigenvalue weighted by atomic mass is 16.1. The highest BCUT2D eigenvalue weighted by Crippen LogP contribution is 2.15. The lowest BCUT2D eigenvalue weighted by atomic mass is 10.2. The van der Waals surface area contributed by atoms with Gasteiger partial charge in [-0.3, -0.25) is 4.79 Å². The maximum absolute atomic E-state index is 11.5. The average molecular weight is 247 g/mol. The first-order chi connectivity index (χ1) is 8.52. The SMILES string of the molecule is CC(C)CNC(=O)CNc1ncc(C#N)cc1N. The molecule has 0 aliphatic rings. The maximum atomic E-state index is 11.5. The smallest absolute Gasteiger partial charge is 0.239 e. The molecule has 6 heteroatoms. The first-order valence-corrected chi connectivity index (χ1v) is 5.69. The van der Waals surface area contributed by atoms with Crippen molar-refractivity contribution in [1.82, 2.24) is 10.3 Å². The summed E-state index contributed by atoms with van der Waals surface area (Å²) in [6.45, 7) is 4.79. The minimum Gasteiger partial charge on any atom is -0.396 e. The molecule has 4 N–H and O–H groups in total. The number of hydrogen-bond acceptors (Lipinski definition) is 5. The van der Waals surface area contributed by atoms with E-state index in [0.29, 0.717) is 29.5 Å². The van der Waals surface area contributed by atoms with Gasteiger partial charge in [0.1, 0.15) is 11.9 Å². The number of nitrogens with one attached hydrogen (secondary N) is 2. The van der Waals surface area contributed by atoms with Gasteiger partial charge in [0.25, 0.3) is 0 Å². The lowest BCUT2D eigenvalue weighted by molar-refractivity contribution is -0.119. The highest BCUT2D eigenvalue weighted by molar-refractivity contribution is 5.81. The number of nitrogen functional groups attached to an aromatic ring is 1. The molecule has 96 valence electrons. The molecule has 1 rings (SSSR count). The molecule has 0 aliphatic heterocycles. The van der Waals surface area contributed by atoms with E-state index in [-0.39, 0.29) is 12.5 Å². The fourth-order valence-corrected chi connectivity index (χ4v) is 1.24. The summed E-state index contributed by atoms with van der Waals surface area (Å²) in [6.07, 6.45) is 1.41. The summed E-state index contributed by atoms with van der Waals surface area (Å²) < 4.78 is 0. The Morgan fingerprint density at radius 3 is 2.89 bits per heavy atom. The van der Waals surface area contributed by atoms with Gasteiger partial charge in [-0.2, -0.15) is 5.26 Å². The van der Waals surface area contributed by atoms with Crippen molar-refractivity contribution in [3.05, 3.63) is 17.8 Å². The fourth-order valence-electron chi connectivity index (χ4n) is 1.24. The van der Waals surface area contributed by atoms with Crippen LogP contribution < -0.4 is 16.4 Å². The molecule has 0 aliphatic carbocycles. The topological polar surface area (TPSA) is 104 Å². The van der Waals surface area contributed by atoms with Crippen LogP contribution >= 0.6 is 0 Å². The van der Waals surface area contributed by atoms with Gasteiger partial charge in [0.15, 0.2) is 0 Å². The number of amides is 1. The van der Waals surface area contributed by atoms with E-state index in [1.54, 1.807) is 0 Å². The van der Waals surface area contributed by atoms with E-state index in [4.69, 9.17) is 11.0 Å².